The van der Waals surface area contributed by atoms with Gasteiger partial charge in [-0.05, 0) is 55.4 Å². The number of hydrogen-bond acceptors (Lipinski definition) is 11. The second-order valence-electron chi connectivity index (χ2n) is 12.9. The van der Waals surface area contributed by atoms with Crippen molar-refractivity contribution in [1.29, 1.82) is 0 Å². The van der Waals surface area contributed by atoms with Crippen LogP contribution in [0.25, 0.3) is 16.0 Å². The molecule has 0 radical (unpaired) electrons. The zero-order valence-electron chi connectivity index (χ0n) is 27.5. The number of anilines is 3. The fourth-order valence-electron chi connectivity index (χ4n) is 7.03. The van der Waals surface area contributed by atoms with Crippen molar-refractivity contribution in [2.24, 2.45) is 0 Å². The summed E-state index contributed by atoms with van der Waals surface area (Å²) >= 11 is 1.46. The Balaban J connectivity index is 1.00. The van der Waals surface area contributed by atoms with E-state index < -0.39 is 22.8 Å². The van der Waals surface area contributed by atoms with Crippen molar-refractivity contribution in [2.45, 2.75) is 31.2 Å². The molecule has 0 saturated carbocycles. The van der Waals surface area contributed by atoms with Crippen molar-refractivity contribution < 1.29 is 18.6 Å². The van der Waals surface area contributed by atoms with Gasteiger partial charge in [-0.2, -0.15) is 5.10 Å². The molecule has 4 N–H and O–H groups in total. The summed E-state index contributed by atoms with van der Waals surface area (Å²) in [5, 5.41) is 19.5. The molecular weight excluding hydrogens is 677 g/mol. The van der Waals surface area contributed by atoms with Crippen LogP contribution in [0.3, 0.4) is 0 Å². The Bertz CT molecular complexity index is 2250. The molecule has 8 rings (SSSR count). The number of aliphatic hydroxyl groups is 1. The van der Waals surface area contributed by atoms with E-state index in [2.05, 4.69) is 30.2 Å². The van der Waals surface area contributed by atoms with Crippen molar-refractivity contribution in [3.05, 3.63) is 118 Å². The fourth-order valence-corrected chi connectivity index (χ4v) is 8.01. The van der Waals surface area contributed by atoms with Crippen LogP contribution in [0.4, 0.5) is 26.0 Å². The van der Waals surface area contributed by atoms with Crippen LogP contribution in [0.2, 0.25) is 0 Å². The molecule has 5 heterocycles. The molecule has 3 aromatic heterocycles. The number of fused-ring (bicyclic) bond motifs is 2. The molecule has 2 aliphatic rings. The number of benzene rings is 3. The number of nitrogens with zero attached hydrogens (tertiary/aromatic N) is 7. The summed E-state index contributed by atoms with van der Waals surface area (Å²) in [5.74, 6) is -0.880. The Hall–Kier alpha value is -5.22. The van der Waals surface area contributed by atoms with Gasteiger partial charge in [-0.1, -0.05) is 24.3 Å². The zero-order valence-corrected chi connectivity index (χ0v) is 28.3. The monoisotopic (exact) mass is 711 g/mol. The molecule has 0 amide bonds. The first-order valence-electron chi connectivity index (χ1n) is 16.6. The number of thiophene rings is 1. The summed E-state index contributed by atoms with van der Waals surface area (Å²) in [7, 11) is 0. The highest BCUT2D eigenvalue weighted by Gasteiger charge is 2.37. The predicted molar refractivity (Wildman–Crippen MR) is 191 cm³/mol. The van der Waals surface area contributed by atoms with Gasteiger partial charge >= 0.3 is 0 Å². The van der Waals surface area contributed by atoms with Crippen molar-refractivity contribution in [3.63, 3.8) is 0 Å². The Morgan fingerprint density at radius 1 is 1.04 bits per heavy atom. The first-order chi connectivity index (χ1) is 24.7. The minimum atomic E-state index is -1.68. The van der Waals surface area contributed by atoms with E-state index in [1.165, 1.54) is 34.7 Å². The number of rotatable bonds is 10. The smallest absolute Gasteiger partial charge is 0.298 e. The summed E-state index contributed by atoms with van der Waals surface area (Å²) in [6.45, 7) is 3.04. The largest absolute Gasteiger partial charge is 0.490 e. The van der Waals surface area contributed by atoms with Gasteiger partial charge < -0.3 is 25.8 Å². The highest BCUT2D eigenvalue weighted by Crippen LogP contribution is 2.39. The van der Waals surface area contributed by atoms with Crippen LogP contribution in [0.5, 0.6) is 5.75 Å². The van der Waals surface area contributed by atoms with Gasteiger partial charge in [0.1, 0.15) is 47.1 Å². The quantitative estimate of drug-likeness (QED) is 0.190. The molecule has 6 aromatic rings. The van der Waals surface area contributed by atoms with Crippen LogP contribution in [-0.2, 0) is 18.7 Å². The molecule has 2 aliphatic heterocycles. The van der Waals surface area contributed by atoms with Crippen LogP contribution >= 0.6 is 11.3 Å². The van der Waals surface area contributed by atoms with Gasteiger partial charge in [0, 0.05) is 47.9 Å². The van der Waals surface area contributed by atoms with E-state index in [-0.39, 0.29) is 30.5 Å². The van der Waals surface area contributed by atoms with Gasteiger partial charge in [-0.3, -0.25) is 14.3 Å². The van der Waals surface area contributed by atoms with E-state index in [1.54, 1.807) is 4.57 Å². The maximum Gasteiger partial charge on any atom is 0.298 e. The Morgan fingerprint density at radius 3 is 2.71 bits per heavy atom. The maximum atomic E-state index is 15.0. The second kappa shape index (κ2) is 13.5. The summed E-state index contributed by atoms with van der Waals surface area (Å²) < 4.78 is 37.7. The van der Waals surface area contributed by atoms with Crippen LogP contribution in [0, 0.1) is 11.6 Å². The number of para-hydroxylation sites is 1. The van der Waals surface area contributed by atoms with Crippen molar-refractivity contribution >= 4 is 38.9 Å². The average molecular weight is 712 g/mol. The molecule has 0 bridgehead atoms. The lowest BCUT2D eigenvalue weighted by Crippen LogP contribution is -2.45. The minimum Gasteiger partial charge on any atom is -0.490 e. The van der Waals surface area contributed by atoms with Gasteiger partial charge in [0.15, 0.2) is 5.82 Å². The summed E-state index contributed by atoms with van der Waals surface area (Å²) in [6, 6.07) is 21.0. The normalized spacial score (nSPS) is 17.4. The van der Waals surface area contributed by atoms with Gasteiger partial charge in [-0.15, -0.1) is 11.3 Å². The highest BCUT2D eigenvalue weighted by molar-refractivity contribution is 7.18. The third kappa shape index (κ3) is 6.56. The number of halogens is 2. The van der Waals surface area contributed by atoms with Crippen LogP contribution in [0.1, 0.15) is 16.9 Å². The van der Waals surface area contributed by atoms with Crippen LogP contribution in [0.15, 0.2) is 90.2 Å². The molecule has 1 saturated heterocycles. The molecular formula is C36H35F2N9O3S. The van der Waals surface area contributed by atoms with Crippen LogP contribution < -0.4 is 26.2 Å². The van der Waals surface area contributed by atoms with Crippen molar-refractivity contribution in [3.8, 4) is 11.4 Å². The van der Waals surface area contributed by atoms with Gasteiger partial charge in [-0.25, -0.2) is 23.4 Å². The van der Waals surface area contributed by atoms with E-state index in [1.807, 2.05) is 54.6 Å². The van der Waals surface area contributed by atoms with Crippen molar-refractivity contribution in [2.75, 3.05) is 43.4 Å². The maximum absolute atomic E-state index is 15.0. The number of nitrogen functional groups attached to an aromatic ring is 1. The number of nitrogens with one attached hydrogen (secondary N) is 1. The van der Waals surface area contributed by atoms with Crippen molar-refractivity contribution in [1.82, 2.24) is 34.5 Å². The van der Waals surface area contributed by atoms with E-state index in [4.69, 9.17) is 10.5 Å². The van der Waals surface area contributed by atoms with Gasteiger partial charge in [0.05, 0.1) is 30.0 Å². The zero-order chi connectivity index (χ0) is 35.1. The minimum absolute atomic E-state index is 0.00173. The summed E-state index contributed by atoms with van der Waals surface area (Å²) in [6.07, 6.45) is 3.59. The molecule has 3 aromatic carbocycles. The molecule has 0 spiro atoms. The topological polar surface area (TPSA) is 140 Å². The molecule has 12 nitrogen and oxygen atoms in total. The molecule has 1 unspecified atom stereocenters. The Labute approximate surface area is 295 Å². The molecule has 0 aliphatic carbocycles. The molecule has 15 heteroatoms. The van der Waals surface area contributed by atoms with E-state index in [0.717, 1.165) is 40.6 Å². The first kappa shape index (κ1) is 33.0. The van der Waals surface area contributed by atoms with E-state index in [9.17, 15) is 18.7 Å². The Kier molecular flexibility index (Phi) is 8.71. The average Bonchev–Trinajstić information content (AvgIpc) is 3.89. The van der Waals surface area contributed by atoms with E-state index >= 15 is 0 Å². The number of hydrogen-bond donors (Lipinski definition) is 3. The first-order valence-corrected chi connectivity index (χ1v) is 17.4. The van der Waals surface area contributed by atoms with E-state index in [0.29, 0.717) is 48.8 Å². The van der Waals surface area contributed by atoms with Gasteiger partial charge in [0.25, 0.3) is 5.56 Å². The lowest BCUT2D eigenvalue weighted by atomic mass is 9.92. The molecule has 1 fully saturated rings. The standard InChI is InChI=1S/C36H35F2N9O3S/c37-23-6-8-28(29(38)14-23)36(49,20-45-22-40-21-42-45)19-44-11-10-24(18-44)41-17-27-16-31-34(51-27)43-33(39)35(48)47(31)26-7-9-32-30(15-26)46(12-13-50-32)25-4-2-1-3-5-25/h1-9,14-16,21-22,24,41,49H,10-13,17-20H2,(H2,39,43)/t24-,36?/m1/s1. The lowest BCUT2D eigenvalue weighted by molar-refractivity contribution is -0.0168. The number of aromatic nitrogens is 5. The SMILES string of the molecule is Nc1nc2sc(CN[C@@H]3CCN(CC(O)(Cn4cncn4)c4ccc(F)cc4F)C3)cc2n(-c2ccc3c(c2)N(c2ccccc2)CCO3)c1=O. The second-order valence-corrected chi connectivity index (χ2v) is 14.0. The Morgan fingerprint density at radius 2 is 1.90 bits per heavy atom. The third-order valence-electron chi connectivity index (χ3n) is 9.41. The van der Waals surface area contributed by atoms with Crippen LogP contribution in [-0.4, -0.2) is 73.1 Å². The number of nitrogens with two attached hydrogens (primary N) is 1. The summed E-state index contributed by atoms with van der Waals surface area (Å²) in [5.41, 5.74) is 7.29. The molecule has 51 heavy (non-hydrogen) atoms. The highest BCUT2D eigenvalue weighted by atomic mass is 32.1. The third-order valence-corrected chi connectivity index (χ3v) is 10.4. The lowest BCUT2D eigenvalue weighted by Gasteiger charge is -2.33. The summed E-state index contributed by atoms with van der Waals surface area (Å²) in [4.78, 5) is 27.7. The predicted octanol–water partition coefficient (Wildman–Crippen LogP) is 4.18. The van der Waals surface area contributed by atoms with Gasteiger partial charge in [0.2, 0.25) is 0 Å². The number of likely N-dealkylation sites (tertiary alicyclic amines) is 1. The molecule has 262 valence electrons. The number of β-amino-alcohol motifs (C(OH)–C–C–N with tert-alkyl or cyclic N) is 1. The number of ether oxygens (including phenoxy) is 1. The fraction of sp³-hybridized carbons (Fsp3) is 0.278. The molecule has 2 atom stereocenters.